The lowest BCUT2D eigenvalue weighted by molar-refractivity contribution is 0.376. The SMILES string of the molecule is CN(C)c1cccc(OC[Si](C)(C)CCC[Si](CCC[Si](C)(C)COc2cccc(N(C)C)c2)(CCC[Si](C)(C)COc2cccc(N(C)C)c2)CCC[Si](C)(C)COc2cccc(N(C)C)c2)c1. The average Bonchev–Trinajstić information content (AvgIpc) is 3.29. The van der Waals surface area contributed by atoms with Crippen molar-refractivity contribution in [3.63, 3.8) is 0 Å². The van der Waals surface area contributed by atoms with Crippen LogP contribution in [0.5, 0.6) is 23.0 Å². The molecule has 0 heterocycles. The summed E-state index contributed by atoms with van der Waals surface area (Å²) in [7, 11) is 8.56. The molecule has 4 rings (SSSR count). The van der Waals surface area contributed by atoms with Crippen molar-refractivity contribution in [2.75, 3.05) is 101 Å². The molecule has 8 nitrogen and oxygen atoms in total. The third-order valence-electron chi connectivity index (χ3n) is 14.1. The third kappa shape index (κ3) is 21.3. The van der Waals surface area contributed by atoms with Crippen LogP contribution in [-0.4, -0.2) is 122 Å². The number of ether oxygens (including phenoxy) is 4. The van der Waals surface area contributed by atoms with Crippen molar-refractivity contribution in [2.24, 2.45) is 0 Å². The molecule has 0 aromatic heterocycles. The zero-order valence-electron chi connectivity index (χ0n) is 46.5. The van der Waals surface area contributed by atoms with Gasteiger partial charge in [-0.2, -0.15) is 0 Å². The van der Waals surface area contributed by atoms with Gasteiger partial charge in [0.15, 0.2) is 0 Å². The van der Waals surface area contributed by atoms with Crippen molar-refractivity contribution in [3.05, 3.63) is 97.1 Å². The smallest absolute Gasteiger partial charge is 0.120 e. The summed E-state index contributed by atoms with van der Waals surface area (Å²) in [6.07, 6.45) is 8.78. The molecule has 0 N–H and O–H groups in total. The Hall–Kier alpha value is -3.64. The van der Waals surface area contributed by atoms with Gasteiger partial charge in [-0.15, -0.1) is 0 Å². The van der Waals surface area contributed by atoms with Gasteiger partial charge in [-0.05, 0) is 48.5 Å². The van der Waals surface area contributed by atoms with Crippen LogP contribution in [0.3, 0.4) is 0 Å². The second-order valence-electron chi connectivity index (χ2n) is 24.3. The quantitative estimate of drug-likeness (QED) is 0.0449. The lowest BCUT2D eigenvalue weighted by Crippen LogP contribution is -2.40. The molecular weight excluding hydrogens is 933 g/mol. The minimum Gasteiger partial charge on any atom is -0.497 e. The first-order valence-corrected chi connectivity index (χ1v) is 42.5. The molecule has 0 bridgehead atoms. The van der Waals surface area contributed by atoms with E-state index < -0.39 is 40.4 Å². The van der Waals surface area contributed by atoms with Crippen LogP contribution in [0.25, 0.3) is 0 Å². The highest BCUT2D eigenvalue weighted by Crippen LogP contribution is 2.38. The van der Waals surface area contributed by atoms with Crippen LogP contribution < -0.4 is 38.5 Å². The molecule has 0 saturated heterocycles. The van der Waals surface area contributed by atoms with E-state index in [0.717, 1.165) is 47.9 Å². The Morgan fingerprint density at radius 2 is 0.507 bits per heavy atom. The molecule has 0 spiro atoms. The van der Waals surface area contributed by atoms with Crippen molar-refractivity contribution >= 4 is 63.1 Å². The van der Waals surface area contributed by atoms with E-state index in [1.165, 1.54) is 96.8 Å². The van der Waals surface area contributed by atoms with Crippen LogP contribution >= 0.6 is 0 Å². The molecule has 69 heavy (non-hydrogen) atoms. The Morgan fingerprint density at radius 1 is 0.304 bits per heavy atom. The van der Waals surface area contributed by atoms with E-state index in [-0.39, 0.29) is 0 Å². The maximum absolute atomic E-state index is 6.59. The molecule has 0 unspecified atom stereocenters. The Morgan fingerprint density at radius 3 is 0.696 bits per heavy atom. The maximum atomic E-state index is 6.59. The largest absolute Gasteiger partial charge is 0.497 e. The number of benzene rings is 4. The van der Waals surface area contributed by atoms with Gasteiger partial charge < -0.3 is 38.5 Å². The molecule has 0 radical (unpaired) electrons. The summed E-state index contributed by atoms with van der Waals surface area (Å²) in [5.41, 5.74) is 4.75. The fourth-order valence-corrected chi connectivity index (χ4v) is 23.3. The molecule has 0 amide bonds. The summed E-state index contributed by atoms with van der Waals surface area (Å²) in [6.45, 7) is 20.4. The summed E-state index contributed by atoms with van der Waals surface area (Å²) in [5.74, 6) is 3.98. The van der Waals surface area contributed by atoms with E-state index in [1.54, 1.807) is 0 Å². The van der Waals surface area contributed by atoms with Crippen molar-refractivity contribution in [3.8, 4) is 23.0 Å². The first kappa shape index (κ1) is 57.9. The molecule has 0 fully saturated rings. The van der Waals surface area contributed by atoms with Gasteiger partial charge in [0, 0.05) is 103 Å². The Labute approximate surface area is 427 Å². The Kier molecular flexibility index (Phi) is 22.4. The predicted octanol–water partition coefficient (Wildman–Crippen LogP) is 14.6. The molecule has 0 aliphatic carbocycles. The van der Waals surface area contributed by atoms with E-state index in [1.807, 2.05) is 0 Å². The summed E-state index contributed by atoms with van der Waals surface area (Å²) >= 11 is 0. The molecule has 0 aliphatic heterocycles. The van der Waals surface area contributed by atoms with E-state index in [2.05, 4.69) is 225 Å². The van der Waals surface area contributed by atoms with Crippen molar-refractivity contribution in [1.82, 2.24) is 0 Å². The van der Waals surface area contributed by atoms with Crippen LogP contribution in [0.2, 0.25) is 101 Å². The molecule has 4 aromatic carbocycles. The molecular formula is C56H96N4O4Si5. The number of anilines is 4. The number of hydrogen-bond acceptors (Lipinski definition) is 8. The van der Waals surface area contributed by atoms with Gasteiger partial charge in [-0.1, -0.05) is 151 Å². The van der Waals surface area contributed by atoms with Crippen molar-refractivity contribution in [1.29, 1.82) is 0 Å². The standard InChI is InChI=1S/C56H96N4O4Si5/c1-57(2)49-25-17-29-53(41-49)61-45-65(9,10)33-21-37-69(38-22-34-66(11,12)46-62-54-30-18-26-50(42-54)58(3)4,39-23-35-67(13,14)47-63-55-31-19-27-51(43-55)59(5)6)40-24-36-68(15,16)48-64-56-32-20-28-52(44-56)60(7)8/h17-20,25-32,41-44H,21-24,33-40,45-48H2,1-16H3. The number of rotatable bonds is 32. The van der Waals surface area contributed by atoms with Gasteiger partial charge >= 0.3 is 0 Å². The molecule has 0 atom stereocenters. The van der Waals surface area contributed by atoms with Crippen molar-refractivity contribution < 1.29 is 18.9 Å². The summed E-state index contributed by atoms with van der Waals surface area (Å²) in [5, 5.41) is 0. The van der Waals surface area contributed by atoms with Gasteiger partial charge in [0.1, 0.15) is 23.0 Å². The normalized spacial score (nSPS) is 12.4. The lowest BCUT2D eigenvalue weighted by atomic mass is 10.3. The van der Waals surface area contributed by atoms with E-state index >= 15 is 0 Å². The van der Waals surface area contributed by atoms with E-state index in [9.17, 15) is 0 Å². The van der Waals surface area contributed by atoms with Crippen LogP contribution in [0.4, 0.5) is 22.7 Å². The average molecular weight is 1030 g/mol. The summed E-state index contributed by atoms with van der Waals surface area (Å²) in [4.78, 5) is 8.62. The molecule has 4 aromatic rings. The predicted molar refractivity (Wildman–Crippen MR) is 318 cm³/mol. The molecule has 0 aliphatic rings. The van der Waals surface area contributed by atoms with Crippen LogP contribution in [0, 0.1) is 0 Å². The highest BCUT2D eigenvalue weighted by molar-refractivity contribution is 6.82. The Bertz CT molecular complexity index is 1830. The van der Waals surface area contributed by atoms with Crippen LogP contribution in [0.15, 0.2) is 97.1 Å². The second kappa shape index (κ2) is 26.7. The van der Waals surface area contributed by atoms with Crippen LogP contribution in [0.1, 0.15) is 25.7 Å². The van der Waals surface area contributed by atoms with Crippen LogP contribution in [-0.2, 0) is 0 Å². The fourth-order valence-electron chi connectivity index (χ4n) is 9.33. The molecule has 384 valence electrons. The highest BCUT2D eigenvalue weighted by Gasteiger charge is 2.36. The summed E-state index contributed by atoms with van der Waals surface area (Å²) < 4.78 is 26.4. The fraction of sp³-hybridized carbons (Fsp3) is 0.571. The lowest BCUT2D eigenvalue weighted by Gasteiger charge is -2.36. The topological polar surface area (TPSA) is 49.9 Å². The number of nitrogens with zero attached hydrogens (tertiary/aromatic N) is 4. The van der Waals surface area contributed by atoms with Crippen molar-refractivity contribution in [2.45, 2.75) is 126 Å². The molecule has 13 heteroatoms. The van der Waals surface area contributed by atoms with Gasteiger partial charge in [-0.3, -0.25) is 0 Å². The van der Waals surface area contributed by atoms with Gasteiger partial charge in [0.2, 0.25) is 0 Å². The third-order valence-corrected chi connectivity index (χ3v) is 30.3. The minimum absolute atomic E-state index is 0.865. The zero-order valence-corrected chi connectivity index (χ0v) is 51.5. The Balaban J connectivity index is 1.54. The zero-order chi connectivity index (χ0) is 50.9. The monoisotopic (exact) mass is 1030 g/mol. The first-order valence-electron chi connectivity index (χ1n) is 26.0. The second-order valence-corrected chi connectivity index (χ2v) is 49.8. The number of hydrogen-bond donors (Lipinski definition) is 0. The minimum atomic E-state index is -1.72. The maximum Gasteiger partial charge on any atom is 0.120 e. The summed E-state index contributed by atoms with van der Waals surface area (Å²) in [6, 6.07) is 45.3. The van der Waals surface area contributed by atoms with E-state index in [4.69, 9.17) is 18.9 Å². The van der Waals surface area contributed by atoms with Gasteiger partial charge in [0.25, 0.3) is 0 Å². The van der Waals surface area contributed by atoms with Gasteiger partial charge in [0.05, 0.1) is 65.3 Å². The first-order chi connectivity index (χ1) is 32.4. The van der Waals surface area contributed by atoms with E-state index in [0.29, 0.717) is 0 Å². The van der Waals surface area contributed by atoms with Gasteiger partial charge in [-0.25, -0.2) is 0 Å². The highest BCUT2D eigenvalue weighted by atomic mass is 28.3. The molecule has 0 saturated carbocycles.